The number of ether oxygens (including phenoxy) is 5. The van der Waals surface area contributed by atoms with Gasteiger partial charge in [-0.25, -0.2) is 4.39 Å². The second-order valence-electron chi connectivity index (χ2n) is 14.2. The highest BCUT2D eigenvalue weighted by Gasteiger charge is 2.40. The first-order valence-corrected chi connectivity index (χ1v) is 19.3. The third kappa shape index (κ3) is 8.60. The molecule has 11 nitrogen and oxygen atoms in total. The standard InChI is InChI=1S/C44H26ClF9N2O9/c45-28-13-19(9-12-30(28)56-18-27-34(40(56)60)38(65-44(53)54)25-8-4-2-6-23(25)36(27)63-42(49)50)14-31(57)61-32(58)15-20-10-11-21(16-29(20)46)55-17-26-33(39(55)59)37(64-43(51)52)24-7-3-1-5-22(24)35(26)62-41(47)48/h1-13,16,41-44H,14-15,17-18H2. The van der Waals surface area contributed by atoms with E-state index in [4.69, 9.17) is 30.5 Å². The second-order valence-corrected chi connectivity index (χ2v) is 14.6. The van der Waals surface area contributed by atoms with Crippen molar-refractivity contribution in [3.05, 3.63) is 129 Å². The van der Waals surface area contributed by atoms with Crippen LogP contribution in [0.25, 0.3) is 21.5 Å². The number of esters is 2. The first-order chi connectivity index (χ1) is 31.0. The van der Waals surface area contributed by atoms with Crippen molar-refractivity contribution in [1.82, 2.24) is 0 Å². The van der Waals surface area contributed by atoms with Crippen LogP contribution in [0.2, 0.25) is 5.02 Å². The van der Waals surface area contributed by atoms with Crippen molar-refractivity contribution in [2.45, 2.75) is 52.4 Å². The first-order valence-electron chi connectivity index (χ1n) is 18.9. The van der Waals surface area contributed by atoms with Crippen LogP contribution in [0.4, 0.5) is 50.9 Å². The number of hydrogen-bond acceptors (Lipinski definition) is 9. The number of carbonyl (C=O) groups is 4. The van der Waals surface area contributed by atoms with Crippen molar-refractivity contribution in [3.63, 3.8) is 0 Å². The lowest BCUT2D eigenvalue weighted by atomic mass is 9.99. The minimum absolute atomic E-state index is 0.0214. The summed E-state index contributed by atoms with van der Waals surface area (Å²) in [6.45, 7) is -14.5. The van der Waals surface area contributed by atoms with Crippen LogP contribution in [0.15, 0.2) is 84.9 Å². The number of alkyl halides is 8. The summed E-state index contributed by atoms with van der Waals surface area (Å²) >= 11 is 6.51. The SMILES string of the molecule is O=C(Cc1ccc(N2Cc3c(c(OC(F)F)c4ccccc4c3OC(F)F)C2=O)c(Cl)c1)OC(=O)Cc1ccc(N2Cc3c(c(OC(F)F)c4ccccc4c3OC(F)F)C2=O)cc1F. The number of halogens is 10. The molecular formula is C44H26ClF9N2O9. The minimum Gasteiger partial charge on any atom is -0.434 e. The van der Waals surface area contributed by atoms with Gasteiger partial charge in [-0.2, -0.15) is 35.1 Å². The average Bonchev–Trinajstić information content (AvgIpc) is 3.77. The number of amides is 2. The second kappa shape index (κ2) is 17.7. The molecule has 65 heavy (non-hydrogen) atoms. The molecule has 2 heterocycles. The summed E-state index contributed by atoms with van der Waals surface area (Å²) in [6, 6.07) is 17.8. The van der Waals surface area contributed by atoms with E-state index in [9.17, 15) is 54.3 Å². The van der Waals surface area contributed by atoms with E-state index in [1.54, 1.807) is 0 Å². The summed E-state index contributed by atoms with van der Waals surface area (Å²) < 4.78 is 148. The molecular weight excluding hydrogens is 907 g/mol. The zero-order valence-electron chi connectivity index (χ0n) is 32.6. The molecule has 0 bridgehead atoms. The van der Waals surface area contributed by atoms with Crippen LogP contribution in [0.3, 0.4) is 0 Å². The highest BCUT2D eigenvalue weighted by molar-refractivity contribution is 6.34. The Hall–Kier alpha value is -7.22. The molecule has 2 aliphatic heterocycles. The molecule has 0 saturated heterocycles. The van der Waals surface area contributed by atoms with Crippen molar-refractivity contribution >= 4 is 68.3 Å². The van der Waals surface area contributed by atoms with Gasteiger partial charge in [0.1, 0.15) is 28.8 Å². The average molecular weight is 933 g/mol. The van der Waals surface area contributed by atoms with E-state index in [2.05, 4.69) is 4.74 Å². The monoisotopic (exact) mass is 932 g/mol. The Morgan fingerprint density at radius 2 is 1.02 bits per heavy atom. The fraction of sp³-hybridized carbons (Fsp3) is 0.182. The Balaban J connectivity index is 0.956. The van der Waals surface area contributed by atoms with Gasteiger partial charge in [0.2, 0.25) is 0 Å². The summed E-state index contributed by atoms with van der Waals surface area (Å²) in [6.07, 6.45) is -1.37. The number of anilines is 2. The Bertz CT molecular complexity index is 2940. The molecule has 336 valence electrons. The lowest BCUT2D eigenvalue weighted by Crippen LogP contribution is -2.24. The number of hydrogen-bond donors (Lipinski definition) is 0. The maximum atomic E-state index is 15.5. The van der Waals surface area contributed by atoms with E-state index < -0.39 is 116 Å². The van der Waals surface area contributed by atoms with Gasteiger partial charge >= 0.3 is 38.4 Å². The van der Waals surface area contributed by atoms with E-state index in [0.29, 0.717) is 0 Å². The summed E-state index contributed by atoms with van der Waals surface area (Å²) in [5.41, 5.74) is -1.68. The molecule has 2 aliphatic rings. The van der Waals surface area contributed by atoms with Crippen LogP contribution in [0.1, 0.15) is 43.0 Å². The van der Waals surface area contributed by atoms with Gasteiger partial charge in [0.15, 0.2) is 0 Å². The summed E-state index contributed by atoms with van der Waals surface area (Å²) in [4.78, 5) is 54.9. The zero-order valence-corrected chi connectivity index (χ0v) is 33.3. The predicted molar refractivity (Wildman–Crippen MR) is 212 cm³/mol. The number of carbonyl (C=O) groups excluding carboxylic acids is 4. The molecule has 6 aromatic carbocycles. The highest BCUT2D eigenvalue weighted by Crippen LogP contribution is 2.49. The smallest absolute Gasteiger partial charge is 0.387 e. The molecule has 0 fully saturated rings. The molecule has 0 unspecified atom stereocenters. The quantitative estimate of drug-likeness (QED) is 0.0597. The van der Waals surface area contributed by atoms with Gasteiger partial charge in [0.25, 0.3) is 11.8 Å². The van der Waals surface area contributed by atoms with Gasteiger partial charge in [0.05, 0.1) is 47.8 Å². The van der Waals surface area contributed by atoms with Gasteiger partial charge < -0.3 is 33.5 Å². The maximum absolute atomic E-state index is 15.5. The Morgan fingerprint density at radius 3 is 1.49 bits per heavy atom. The molecule has 0 atom stereocenters. The van der Waals surface area contributed by atoms with E-state index in [-0.39, 0.29) is 60.2 Å². The summed E-state index contributed by atoms with van der Waals surface area (Å²) in [5, 5.41) is -0.441. The van der Waals surface area contributed by atoms with E-state index in [1.165, 1.54) is 72.8 Å². The Kier molecular flexibility index (Phi) is 12.1. The summed E-state index contributed by atoms with van der Waals surface area (Å²) in [7, 11) is 0. The number of fused-ring (bicyclic) bond motifs is 4. The molecule has 0 aliphatic carbocycles. The van der Waals surface area contributed by atoms with Gasteiger partial charge in [-0.3, -0.25) is 19.2 Å². The predicted octanol–water partition coefficient (Wildman–Crippen LogP) is 10.4. The van der Waals surface area contributed by atoms with Gasteiger partial charge in [-0.1, -0.05) is 72.3 Å². The molecule has 0 radical (unpaired) electrons. The largest absolute Gasteiger partial charge is 0.434 e. The number of benzene rings is 6. The van der Waals surface area contributed by atoms with Crippen molar-refractivity contribution in [2.75, 3.05) is 9.80 Å². The van der Waals surface area contributed by atoms with Crippen LogP contribution in [0, 0.1) is 5.82 Å². The Labute approximate surface area is 364 Å². The third-order valence-electron chi connectivity index (χ3n) is 10.4. The normalized spacial score (nSPS) is 13.4. The molecule has 8 rings (SSSR count). The van der Waals surface area contributed by atoms with Crippen LogP contribution in [-0.4, -0.2) is 50.2 Å². The molecule has 0 aromatic heterocycles. The minimum atomic E-state index is -3.41. The van der Waals surface area contributed by atoms with Crippen molar-refractivity contribution in [2.24, 2.45) is 0 Å². The highest BCUT2D eigenvalue weighted by atomic mass is 35.5. The number of nitrogens with zero attached hydrogens (tertiary/aromatic N) is 2. The van der Waals surface area contributed by atoms with Crippen LogP contribution >= 0.6 is 11.6 Å². The van der Waals surface area contributed by atoms with Crippen molar-refractivity contribution in [1.29, 1.82) is 0 Å². The van der Waals surface area contributed by atoms with Gasteiger partial charge in [-0.05, 0) is 35.4 Å². The fourth-order valence-corrected chi connectivity index (χ4v) is 8.16. The fourth-order valence-electron chi connectivity index (χ4n) is 7.86. The Morgan fingerprint density at radius 1 is 0.569 bits per heavy atom. The number of rotatable bonds is 14. The van der Waals surface area contributed by atoms with E-state index >= 15 is 4.39 Å². The van der Waals surface area contributed by atoms with Crippen molar-refractivity contribution in [3.8, 4) is 23.0 Å². The summed E-state index contributed by atoms with van der Waals surface area (Å²) in [5.74, 6) is -7.39. The molecule has 6 aromatic rings. The first kappa shape index (κ1) is 44.4. The van der Waals surface area contributed by atoms with Gasteiger partial charge in [-0.15, -0.1) is 0 Å². The molecule has 0 N–H and O–H groups in total. The molecule has 0 spiro atoms. The van der Waals surface area contributed by atoms with Crippen molar-refractivity contribution < 1.29 is 82.4 Å². The lowest BCUT2D eigenvalue weighted by molar-refractivity contribution is -0.158. The van der Waals surface area contributed by atoms with Gasteiger partial charge in [0, 0.05) is 38.4 Å². The topological polar surface area (TPSA) is 121 Å². The van der Waals surface area contributed by atoms with Crippen LogP contribution in [-0.2, 0) is 40.3 Å². The molecule has 0 saturated carbocycles. The molecule has 21 heteroatoms. The molecule has 2 amide bonds. The zero-order chi connectivity index (χ0) is 46.4. The lowest BCUT2D eigenvalue weighted by Gasteiger charge is -2.18. The third-order valence-corrected chi connectivity index (χ3v) is 10.7. The van der Waals surface area contributed by atoms with E-state index in [1.807, 2.05) is 0 Å². The van der Waals surface area contributed by atoms with Crippen LogP contribution in [0.5, 0.6) is 23.0 Å². The maximum Gasteiger partial charge on any atom is 0.387 e. The van der Waals surface area contributed by atoms with E-state index in [0.717, 1.165) is 21.9 Å². The van der Waals surface area contributed by atoms with Crippen LogP contribution < -0.4 is 28.7 Å².